The summed E-state index contributed by atoms with van der Waals surface area (Å²) in [5, 5.41) is 15.3. The van der Waals surface area contributed by atoms with E-state index in [9.17, 15) is 5.11 Å². The molecule has 1 aromatic carbocycles. The first-order chi connectivity index (χ1) is 11.6. The van der Waals surface area contributed by atoms with Crippen molar-refractivity contribution in [1.29, 1.82) is 0 Å². The highest BCUT2D eigenvalue weighted by Gasteiger charge is 2.34. The number of ether oxygens (including phenoxy) is 1. The quantitative estimate of drug-likeness (QED) is 0.885. The van der Waals surface area contributed by atoms with E-state index in [1.807, 2.05) is 41.2 Å². The molecular weight excluding hydrogens is 302 g/mol. The molecule has 2 heterocycles. The van der Waals surface area contributed by atoms with Gasteiger partial charge in [0.15, 0.2) is 0 Å². The number of hydrogen-bond acceptors (Lipinski definition) is 4. The number of β-amino-alcohol motifs (C(OH)–C–C–N with tert-alkyl or cyclic N) is 1. The largest absolute Gasteiger partial charge is 0.491 e. The molecule has 3 rings (SSSR count). The van der Waals surface area contributed by atoms with Crippen molar-refractivity contribution < 1.29 is 9.84 Å². The van der Waals surface area contributed by atoms with Gasteiger partial charge in [-0.05, 0) is 51.4 Å². The van der Waals surface area contributed by atoms with Crippen molar-refractivity contribution in [2.45, 2.75) is 44.9 Å². The summed E-state index contributed by atoms with van der Waals surface area (Å²) in [5.74, 6) is 0.806. The molecule has 0 spiro atoms. The first-order valence-corrected chi connectivity index (χ1v) is 8.71. The molecule has 1 aliphatic rings. The lowest BCUT2D eigenvalue weighted by Gasteiger charge is -2.39. The van der Waals surface area contributed by atoms with Gasteiger partial charge in [-0.25, -0.2) is 0 Å². The van der Waals surface area contributed by atoms with Gasteiger partial charge in [0.2, 0.25) is 0 Å². The lowest BCUT2D eigenvalue weighted by Crippen LogP contribution is -2.51. The summed E-state index contributed by atoms with van der Waals surface area (Å²) in [6, 6.07) is 12.1. The third kappa shape index (κ3) is 4.16. The number of hydrogen-bond donors (Lipinski definition) is 1. The Morgan fingerprint density at radius 2 is 2.04 bits per heavy atom. The van der Waals surface area contributed by atoms with E-state index >= 15 is 0 Å². The Hall–Kier alpha value is -1.85. The Balaban J connectivity index is 1.60. The number of aliphatic hydroxyl groups is 1. The number of nitrogens with zero attached hydrogens (tertiary/aromatic N) is 3. The zero-order valence-electron chi connectivity index (χ0n) is 14.6. The van der Waals surface area contributed by atoms with Crippen LogP contribution in [0.2, 0.25) is 0 Å². The van der Waals surface area contributed by atoms with Crippen LogP contribution in [0.25, 0.3) is 0 Å². The maximum atomic E-state index is 10.9. The first-order valence-electron chi connectivity index (χ1n) is 8.71. The molecule has 5 nitrogen and oxygen atoms in total. The lowest BCUT2D eigenvalue weighted by atomic mass is 9.93. The number of likely N-dealkylation sites (tertiary alicyclic amines) is 1. The van der Waals surface area contributed by atoms with Crippen LogP contribution in [0.4, 0.5) is 0 Å². The van der Waals surface area contributed by atoms with E-state index in [-0.39, 0.29) is 0 Å². The van der Waals surface area contributed by atoms with Gasteiger partial charge in [-0.1, -0.05) is 18.2 Å². The maximum Gasteiger partial charge on any atom is 0.119 e. The highest BCUT2D eigenvalue weighted by Crippen LogP contribution is 2.24. The molecule has 0 saturated carbocycles. The monoisotopic (exact) mass is 329 g/mol. The Morgan fingerprint density at radius 3 is 2.79 bits per heavy atom. The molecule has 1 atom stereocenters. The van der Waals surface area contributed by atoms with Crippen molar-refractivity contribution >= 4 is 0 Å². The van der Waals surface area contributed by atoms with E-state index in [2.05, 4.69) is 29.9 Å². The molecule has 2 aromatic rings. The van der Waals surface area contributed by atoms with Crippen molar-refractivity contribution in [2.24, 2.45) is 0 Å². The van der Waals surface area contributed by atoms with Crippen LogP contribution in [0.3, 0.4) is 0 Å². The minimum atomic E-state index is -0.795. The standard InChI is InChI=1S/C19H27N3O2/c1-16(2)22-17(9-11-20-22)13-21-12-6-10-19(23,14-21)15-24-18-7-4-3-5-8-18/h3-5,7-9,11,16,23H,6,10,12-15H2,1-2H3/t19-/m1/s1. The van der Waals surface area contributed by atoms with Gasteiger partial charge in [0.1, 0.15) is 18.0 Å². The first kappa shape index (κ1) is 17.0. The molecule has 1 fully saturated rings. The van der Waals surface area contributed by atoms with Crippen LogP contribution in [0, 0.1) is 0 Å². The average molecular weight is 329 g/mol. The third-order valence-electron chi connectivity index (χ3n) is 4.51. The molecule has 130 valence electrons. The second-order valence-corrected chi connectivity index (χ2v) is 7.00. The average Bonchev–Trinajstić information content (AvgIpc) is 3.03. The highest BCUT2D eigenvalue weighted by atomic mass is 16.5. The zero-order valence-corrected chi connectivity index (χ0v) is 14.6. The predicted molar refractivity (Wildman–Crippen MR) is 94.0 cm³/mol. The molecule has 0 unspecified atom stereocenters. The molecule has 5 heteroatoms. The Kier molecular flexibility index (Phi) is 5.21. The second kappa shape index (κ2) is 7.36. The van der Waals surface area contributed by atoms with Crippen molar-refractivity contribution in [2.75, 3.05) is 19.7 Å². The van der Waals surface area contributed by atoms with Crippen LogP contribution in [0.15, 0.2) is 42.6 Å². The summed E-state index contributed by atoms with van der Waals surface area (Å²) >= 11 is 0. The van der Waals surface area contributed by atoms with Crippen molar-refractivity contribution in [3.63, 3.8) is 0 Å². The van der Waals surface area contributed by atoms with Gasteiger partial charge in [-0.15, -0.1) is 0 Å². The van der Waals surface area contributed by atoms with Crippen molar-refractivity contribution in [3.8, 4) is 5.75 Å². The fraction of sp³-hybridized carbons (Fsp3) is 0.526. The summed E-state index contributed by atoms with van der Waals surface area (Å²) < 4.78 is 7.85. The topological polar surface area (TPSA) is 50.5 Å². The van der Waals surface area contributed by atoms with Crippen LogP contribution in [-0.2, 0) is 6.54 Å². The van der Waals surface area contributed by atoms with Gasteiger partial charge in [0, 0.05) is 25.3 Å². The fourth-order valence-corrected chi connectivity index (χ4v) is 3.35. The number of piperidine rings is 1. The van der Waals surface area contributed by atoms with E-state index in [1.54, 1.807) is 0 Å². The molecule has 1 N–H and O–H groups in total. The molecule has 0 aliphatic carbocycles. The molecule has 1 saturated heterocycles. The van der Waals surface area contributed by atoms with Crippen LogP contribution in [-0.4, -0.2) is 45.1 Å². The summed E-state index contributed by atoms with van der Waals surface area (Å²) in [4.78, 5) is 2.30. The molecule has 24 heavy (non-hydrogen) atoms. The SMILES string of the molecule is CC(C)n1nccc1CN1CCC[C@](O)(COc2ccccc2)C1. The third-order valence-corrected chi connectivity index (χ3v) is 4.51. The number of aromatic nitrogens is 2. The smallest absolute Gasteiger partial charge is 0.119 e. The van der Waals surface area contributed by atoms with Gasteiger partial charge in [0.05, 0.1) is 5.69 Å². The van der Waals surface area contributed by atoms with E-state index in [0.717, 1.165) is 31.7 Å². The van der Waals surface area contributed by atoms with E-state index in [4.69, 9.17) is 4.74 Å². The van der Waals surface area contributed by atoms with Crippen molar-refractivity contribution in [3.05, 3.63) is 48.3 Å². The van der Waals surface area contributed by atoms with Gasteiger partial charge in [-0.2, -0.15) is 5.10 Å². The lowest BCUT2D eigenvalue weighted by molar-refractivity contribution is -0.0626. The van der Waals surface area contributed by atoms with Gasteiger partial charge in [0.25, 0.3) is 0 Å². The molecule has 1 aromatic heterocycles. The maximum absolute atomic E-state index is 10.9. The van der Waals surface area contributed by atoms with Gasteiger partial charge >= 0.3 is 0 Å². The minimum absolute atomic E-state index is 0.330. The van der Waals surface area contributed by atoms with Crippen LogP contribution >= 0.6 is 0 Å². The van der Waals surface area contributed by atoms with E-state index in [1.165, 1.54) is 5.69 Å². The summed E-state index contributed by atoms with van der Waals surface area (Å²) in [7, 11) is 0. The molecule has 0 radical (unpaired) electrons. The van der Waals surface area contributed by atoms with Crippen LogP contribution in [0.5, 0.6) is 5.75 Å². The number of benzene rings is 1. The molecule has 0 amide bonds. The minimum Gasteiger partial charge on any atom is -0.491 e. The number of para-hydroxylation sites is 1. The predicted octanol–water partition coefficient (Wildman–Crippen LogP) is 2.87. The Labute approximate surface area is 143 Å². The highest BCUT2D eigenvalue weighted by molar-refractivity contribution is 5.21. The van der Waals surface area contributed by atoms with Gasteiger partial charge < -0.3 is 9.84 Å². The summed E-state index contributed by atoms with van der Waals surface area (Å²) in [6.45, 7) is 7.04. The summed E-state index contributed by atoms with van der Waals surface area (Å²) in [5.41, 5.74) is 0.398. The fourth-order valence-electron chi connectivity index (χ4n) is 3.35. The Morgan fingerprint density at radius 1 is 1.25 bits per heavy atom. The molecule has 1 aliphatic heterocycles. The summed E-state index contributed by atoms with van der Waals surface area (Å²) in [6.07, 6.45) is 3.61. The van der Waals surface area contributed by atoms with Gasteiger partial charge in [-0.3, -0.25) is 9.58 Å². The van der Waals surface area contributed by atoms with Crippen molar-refractivity contribution in [1.82, 2.24) is 14.7 Å². The second-order valence-electron chi connectivity index (χ2n) is 7.00. The van der Waals surface area contributed by atoms with E-state index in [0.29, 0.717) is 19.2 Å². The van der Waals surface area contributed by atoms with Crippen LogP contribution in [0.1, 0.15) is 38.4 Å². The normalized spacial score (nSPS) is 22.0. The zero-order chi connectivity index (χ0) is 17.0. The number of rotatable bonds is 6. The molecule has 0 bridgehead atoms. The van der Waals surface area contributed by atoms with E-state index < -0.39 is 5.60 Å². The Bertz CT molecular complexity index is 641. The van der Waals surface area contributed by atoms with Crippen LogP contribution < -0.4 is 4.74 Å². The molecular formula is C19H27N3O2.